The fourth-order valence-electron chi connectivity index (χ4n) is 4.68. The molecule has 0 atom stereocenters. The van der Waals surface area contributed by atoms with E-state index in [1.807, 2.05) is 0 Å². The van der Waals surface area contributed by atoms with Gasteiger partial charge in [-0.1, -0.05) is 0 Å². The molecule has 1 N–H and O–H groups in total. The molecule has 6 heteroatoms. The zero-order chi connectivity index (χ0) is 15.4. The number of esters is 1. The molecule has 6 nitrogen and oxygen atoms in total. The minimum Gasteiger partial charge on any atom is -0.437 e. The van der Waals surface area contributed by atoms with Crippen molar-refractivity contribution in [3.63, 3.8) is 0 Å². The summed E-state index contributed by atoms with van der Waals surface area (Å²) in [5.41, 5.74) is 0. The van der Waals surface area contributed by atoms with Crippen LogP contribution in [0.2, 0.25) is 0 Å². The lowest BCUT2D eigenvalue weighted by Gasteiger charge is -2.53. The van der Waals surface area contributed by atoms with Crippen LogP contribution in [0, 0.1) is 23.7 Å². The molecule has 4 bridgehead atoms. The minimum absolute atomic E-state index is 0.108. The van der Waals surface area contributed by atoms with E-state index in [0.717, 1.165) is 11.8 Å². The Bertz CT molecular complexity index is 344. The highest BCUT2D eigenvalue weighted by molar-refractivity contribution is 5.70. The Hall–Kier alpha value is -0.690. The molecule has 0 aliphatic heterocycles. The molecule has 0 unspecified atom stereocenters. The highest BCUT2D eigenvalue weighted by Crippen LogP contribution is 2.54. The maximum atomic E-state index is 11.2. The van der Waals surface area contributed by atoms with Gasteiger partial charge in [-0.2, -0.15) is 0 Å². The number of hydrogen-bond acceptors (Lipinski definition) is 6. The minimum atomic E-state index is -0.497. The van der Waals surface area contributed by atoms with Gasteiger partial charge >= 0.3 is 5.97 Å². The SMILES string of the molecule is O=C(COCCO)OCOCOC1C2CC3CC(C2)CC1C3. The highest BCUT2D eigenvalue weighted by atomic mass is 16.7. The van der Waals surface area contributed by atoms with Gasteiger partial charge < -0.3 is 24.1 Å². The number of rotatable bonds is 9. The fraction of sp³-hybridized carbons (Fsp3) is 0.938. The molecule has 0 aromatic heterocycles. The molecule has 0 radical (unpaired) electrons. The molecule has 126 valence electrons. The molecule has 4 aliphatic carbocycles. The van der Waals surface area contributed by atoms with Gasteiger partial charge in [0, 0.05) is 0 Å². The van der Waals surface area contributed by atoms with Gasteiger partial charge in [0.2, 0.25) is 0 Å². The summed E-state index contributed by atoms with van der Waals surface area (Å²) in [6.07, 6.45) is 7.02. The van der Waals surface area contributed by atoms with Crippen molar-refractivity contribution in [1.82, 2.24) is 0 Å². The van der Waals surface area contributed by atoms with Crippen LogP contribution in [0.5, 0.6) is 0 Å². The largest absolute Gasteiger partial charge is 0.437 e. The van der Waals surface area contributed by atoms with Gasteiger partial charge in [0.1, 0.15) is 6.61 Å². The van der Waals surface area contributed by atoms with Gasteiger partial charge in [0.15, 0.2) is 13.6 Å². The lowest BCUT2D eigenvalue weighted by molar-refractivity contribution is -0.203. The first kappa shape index (κ1) is 16.2. The quantitative estimate of drug-likeness (QED) is 0.393. The van der Waals surface area contributed by atoms with Crippen molar-refractivity contribution in [3.8, 4) is 0 Å². The summed E-state index contributed by atoms with van der Waals surface area (Å²) in [4.78, 5) is 11.2. The summed E-state index contributed by atoms with van der Waals surface area (Å²) in [7, 11) is 0. The van der Waals surface area contributed by atoms with E-state index in [2.05, 4.69) is 0 Å². The average molecular weight is 314 g/mol. The Morgan fingerprint density at radius 3 is 2.27 bits per heavy atom. The summed E-state index contributed by atoms with van der Waals surface area (Å²) >= 11 is 0. The van der Waals surface area contributed by atoms with Crippen LogP contribution < -0.4 is 0 Å². The molecule has 4 rings (SSSR count). The van der Waals surface area contributed by atoms with Gasteiger partial charge in [-0.05, 0) is 55.8 Å². The molecule has 4 fully saturated rings. The maximum absolute atomic E-state index is 11.2. The van der Waals surface area contributed by atoms with Gasteiger partial charge in [-0.15, -0.1) is 0 Å². The van der Waals surface area contributed by atoms with Crippen LogP contribution in [0.3, 0.4) is 0 Å². The predicted molar refractivity (Wildman–Crippen MR) is 76.7 cm³/mol. The third-order valence-electron chi connectivity index (χ3n) is 5.24. The topological polar surface area (TPSA) is 74.2 Å². The second-order valence-corrected chi connectivity index (χ2v) is 6.79. The van der Waals surface area contributed by atoms with E-state index >= 15 is 0 Å². The molecule has 22 heavy (non-hydrogen) atoms. The first-order valence-corrected chi connectivity index (χ1v) is 8.29. The van der Waals surface area contributed by atoms with E-state index in [4.69, 9.17) is 24.1 Å². The lowest BCUT2D eigenvalue weighted by atomic mass is 9.55. The second-order valence-electron chi connectivity index (χ2n) is 6.79. The molecule has 0 spiro atoms. The number of hydrogen-bond donors (Lipinski definition) is 1. The molecule has 4 aliphatic rings. The fourth-order valence-corrected chi connectivity index (χ4v) is 4.68. The van der Waals surface area contributed by atoms with Crippen molar-refractivity contribution < 1.29 is 28.8 Å². The molecule has 0 heterocycles. The first-order valence-electron chi connectivity index (χ1n) is 8.29. The molecule has 0 saturated heterocycles. The molecule has 4 saturated carbocycles. The molecule has 0 amide bonds. The van der Waals surface area contributed by atoms with E-state index in [9.17, 15) is 4.79 Å². The smallest absolute Gasteiger partial charge is 0.334 e. The third-order valence-corrected chi connectivity index (χ3v) is 5.24. The molecule has 0 aromatic carbocycles. The van der Waals surface area contributed by atoms with Gasteiger partial charge in [-0.25, -0.2) is 4.79 Å². The Labute approximate surface area is 131 Å². The van der Waals surface area contributed by atoms with E-state index in [0.29, 0.717) is 17.9 Å². The molecular formula is C16H26O6. The van der Waals surface area contributed by atoms with E-state index < -0.39 is 5.97 Å². The summed E-state index contributed by atoms with van der Waals surface area (Å²) < 4.78 is 20.9. The van der Waals surface area contributed by atoms with Crippen molar-refractivity contribution in [2.75, 3.05) is 33.4 Å². The normalized spacial score (nSPS) is 35.8. The first-order chi connectivity index (χ1) is 10.8. The van der Waals surface area contributed by atoms with Crippen LogP contribution in [0.1, 0.15) is 32.1 Å². The van der Waals surface area contributed by atoms with Crippen LogP contribution in [0.15, 0.2) is 0 Å². The number of ether oxygens (including phenoxy) is 4. The summed E-state index contributed by atoms with van der Waals surface area (Å²) in [6.45, 7) is -0.0820. The number of carbonyl (C=O) groups is 1. The Balaban J connectivity index is 1.27. The zero-order valence-corrected chi connectivity index (χ0v) is 12.9. The van der Waals surface area contributed by atoms with Gasteiger partial charge in [0.05, 0.1) is 19.3 Å². The highest BCUT2D eigenvalue weighted by Gasteiger charge is 2.48. The van der Waals surface area contributed by atoms with Crippen molar-refractivity contribution in [3.05, 3.63) is 0 Å². The second kappa shape index (κ2) is 7.73. The monoisotopic (exact) mass is 314 g/mol. The molecule has 0 aromatic rings. The number of aliphatic hydroxyl groups is 1. The van der Waals surface area contributed by atoms with Crippen molar-refractivity contribution in [2.45, 2.75) is 38.2 Å². The van der Waals surface area contributed by atoms with Crippen LogP contribution in [-0.4, -0.2) is 50.6 Å². The van der Waals surface area contributed by atoms with E-state index in [-0.39, 0.29) is 33.4 Å². The standard InChI is InChI=1S/C16H26O6/c17-1-2-19-8-15(18)21-9-20-10-22-16-13-4-11-3-12(6-13)7-14(16)5-11/h11-14,16-17H,1-10H2. The summed E-state index contributed by atoms with van der Waals surface area (Å²) in [5.74, 6) is 2.78. The Morgan fingerprint density at radius 1 is 0.955 bits per heavy atom. The third kappa shape index (κ3) is 3.98. The average Bonchev–Trinajstić information content (AvgIpc) is 2.49. The maximum Gasteiger partial charge on any atom is 0.334 e. The Morgan fingerprint density at radius 2 is 1.64 bits per heavy atom. The summed E-state index contributed by atoms with van der Waals surface area (Å²) in [5, 5.41) is 8.52. The van der Waals surface area contributed by atoms with Gasteiger partial charge in [0.25, 0.3) is 0 Å². The van der Waals surface area contributed by atoms with Crippen molar-refractivity contribution in [1.29, 1.82) is 0 Å². The zero-order valence-electron chi connectivity index (χ0n) is 12.9. The van der Waals surface area contributed by atoms with E-state index in [1.165, 1.54) is 32.1 Å². The number of carbonyl (C=O) groups excluding carboxylic acids is 1. The Kier molecular flexibility index (Phi) is 5.68. The summed E-state index contributed by atoms with van der Waals surface area (Å²) in [6, 6.07) is 0. The van der Waals surface area contributed by atoms with E-state index in [1.54, 1.807) is 0 Å². The van der Waals surface area contributed by atoms with Crippen molar-refractivity contribution >= 4 is 5.97 Å². The van der Waals surface area contributed by atoms with Crippen LogP contribution in [-0.2, 0) is 23.7 Å². The van der Waals surface area contributed by atoms with Crippen LogP contribution in [0.4, 0.5) is 0 Å². The van der Waals surface area contributed by atoms with Crippen molar-refractivity contribution in [2.24, 2.45) is 23.7 Å². The lowest BCUT2D eigenvalue weighted by Crippen LogP contribution is -2.49. The van der Waals surface area contributed by atoms with Crippen LogP contribution in [0.25, 0.3) is 0 Å². The molecular weight excluding hydrogens is 288 g/mol. The van der Waals surface area contributed by atoms with Gasteiger partial charge in [-0.3, -0.25) is 0 Å². The number of aliphatic hydroxyl groups excluding tert-OH is 1. The van der Waals surface area contributed by atoms with Crippen LogP contribution >= 0.6 is 0 Å². The predicted octanol–water partition coefficient (Wildman–Crippen LogP) is 1.31.